The minimum atomic E-state index is -0.281. The van der Waals surface area contributed by atoms with Crippen molar-refractivity contribution in [2.24, 2.45) is 35.5 Å². The summed E-state index contributed by atoms with van der Waals surface area (Å²) >= 11 is 0. The summed E-state index contributed by atoms with van der Waals surface area (Å²) in [5.74, 6) is -2.65. The molecule has 3 unspecified atom stereocenters. The van der Waals surface area contributed by atoms with E-state index in [0.29, 0.717) is 97.6 Å². The predicted molar refractivity (Wildman–Crippen MR) is 330 cm³/mol. The maximum atomic E-state index is 11.6. The zero-order chi connectivity index (χ0) is 63.6. The minimum absolute atomic E-state index is 0. The molecule has 0 aromatic rings. The van der Waals surface area contributed by atoms with Gasteiger partial charge >= 0.3 is 35.8 Å². The number of carbonyl (C=O) groups excluding carboxylic acids is 12. The van der Waals surface area contributed by atoms with Crippen LogP contribution in [0.4, 0.5) is 0 Å². The number of hydrogen-bond acceptors (Lipinski definition) is 18. The topological polar surface area (TPSA) is 280 Å². The number of rotatable bonds is 22. The van der Waals surface area contributed by atoms with Gasteiger partial charge in [-0.1, -0.05) is 53.4 Å². The molecular formula is C60H106N6O18S2. The van der Waals surface area contributed by atoms with Crippen LogP contribution in [0.5, 0.6) is 0 Å². The summed E-state index contributed by atoms with van der Waals surface area (Å²) in [6.07, 6.45) is 9.95. The molecule has 86 heavy (non-hydrogen) atoms. The van der Waals surface area contributed by atoms with E-state index in [4.69, 9.17) is 9.47 Å². The first-order valence-corrected chi connectivity index (χ1v) is 30.2. The quantitative estimate of drug-likeness (QED) is 0.0777. The molecule has 496 valence electrons. The van der Waals surface area contributed by atoms with E-state index >= 15 is 0 Å². The number of likely N-dealkylation sites (tertiary alicyclic amines) is 6. The van der Waals surface area contributed by atoms with Crippen LogP contribution >= 0.6 is 27.0 Å². The molecule has 0 aromatic heterocycles. The summed E-state index contributed by atoms with van der Waals surface area (Å²) in [6, 6.07) is 0.336. The van der Waals surface area contributed by atoms with Crippen molar-refractivity contribution in [1.82, 2.24) is 29.4 Å². The number of nitrogens with zero attached hydrogens (tertiary/aromatic N) is 6. The molecule has 0 radical (unpaired) electrons. The highest BCUT2D eigenvalue weighted by Gasteiger charge is 2.39. The summed E-state index contributed by atoms with van der Waals surface area (Å²) in [7, 11) is 5.43. The van der Waals surface area contributed by atoms with Gasteiger partial charge in [-0.3, -0.25) is 57.5 Å². The Morgan fingerprint density at radius 3 is 0.884 bits per heavy atom. The largest absolute Gasteiger partial charge is 0.469 e. The Labute approximate surface area is 525 Å². The molecule has 0 saturated carbocycles. The van der Waals surface area contributed by atoms with Crippen molar-refractivity contribution < 1.29 is 86.0 Å². The van der Waals surface area contributed by atoms with Crippen molar-refractivity contribution in [3.8, 4) is 0 Å². The normalized spacial score (nSPS) is 21.1. The zero-order valence-electron chi connectivity index (χ0n) is 54.0. The number of amides is 6. The van der Waals surface area contributed by atoms with Crippen LogP contribution < -0.4 is 0 Å². The molecular weight excluding hydrogens is 1160 g/mol. The Morgan fingerprint density at radius 2 is 0.628 bits per heavy atom. The number of methoxy groups -OCH3 is 4. The van der Waals surface area contributed by atoms with Gasteiger partial charge in [0.05, 0.1) is 77.2 Å². The van der Waals surface area contributed by atoms with Crippen LogP contribution in [0.2, 0.25) is 0 Å². The molecule has 6 atom stereocenters. The van der Waals surface area contributed by atoms with Crippen molar-refractivity contribution in [2.45, 2.75) is 171 Å². The van der Waals surface area contributed by atoms with Crippen LogP contribution in [-0.2, 0) is 86.0 Å². The van der Waals surface area contributed by atoms with Gasteiger partial charge < -0.3 is 57.8 Å². The molecule has 0 spiro atoms. The summed E-state index contributed by atoms with van der Waals surface area (Å²) in [4.78, 5) is 146. The number of carbonyl (C=O) groups is 12. The molecule has 6 rings (SSSR count). The lowest BCUT2D eigenvalue weighted by molar-refractivity contribution is -0.149. The second-order valence-electron chi connectivity index (χ2n) is 22.1. The van der Waals surface area contributed by atoms with E-state index in [1.807, 2.05) is 41.5 Å². The Bertz CT molecular complexity index is 2100. The van der Waals surface area contributed by atoms with E-state index in [0.717, 1.165) is 71.0 Å². The first-order valence-electron chi connectivity index (χ1n) is 30.2. The highest BCUT2D eigenvalue weighted by Crippen LogP contribution is 2.25. The van der Waals surface area contributed by atoms with Crippen molar-refractivity contribution in [1.29, 1.82) is 0 Å². The lowest BCUT2D eigenvalue weighted by Gasteiger charge is -2.20. The molecule has 6 saturated heterocycles. The average molecular weight is 1260 g/mol. The van der Waals surface area contributed by atoms with Gasteiger partial charge in [-0.2, -0.15) is 27.0 Å². The van der Waals surface area contributed by atoms with Gasteiger partial charge in [0, 0.05) is 116 Å². The average Bonchev–Trinajstić information content (AvgIpc) is 4.58. The highest BCUT2D eigenvalue weighted by molar-refractivity contribution is 7.59. The van der Waals surface area contributed by atoms with Gasteiger partial charge in [0.25, 0.3) is 0 Å². The predicted octanol–water partition coefficient (Wildman–Crippen LogP) is 5.07. The molecule has 6 amide bonds. The third-order valence-corrected chi connectivity index (χ3v) is 15.0. The van der Waals surface area contributed by atoms with Gasteiger partial charge in [-0.05, 0) is 67.2 Å². The molecule has 6 aliphatic heterocycles. The van der Waals surface area contributed by atoms with Gasteiger partial charge in [0.2, 0.25) is 35.4 Å². The zero-order valence-corrected chi connectivity index (χ0v) is 56.0. The van der Waals surface area contributed by atoms with Crippen LogP contribution in [-0.4, -0.2) is 220 Å². The van der Waals surface area contributed by atoms with Crippen molar-refractivity contribution in [3.05, 3.63) is 0 Å². The van der Waals surface area contributed by atoms with Crippen LogP contribution in [0.1, 0.15) is 159 Å². The van der Waals surface area contributed by atoms with E-state index in [9.17, 15) is 57.5 Å². The second-order valence-corrected chi connectivity index (χ2v) is 22.1. The molecule has 0 N–H and O–H groups in total. The Kier molecular flexibility index (Phi) is 42.9. The maximum Gasteiger partial charge on any atom is 0.311 e. The fourth-order valence-corrected chi connectivity index (χ4v) is 9.86. The number of esters is 6. The highest BCUT2D eigenvalue weighted by atomic mass is 32.1. The minimum Gasteiger partial charge on any atom is -0.469 e. The van der Waals surface area contributed by atoms with Gasteiger partial charge in [0.1, 0.15) is 0 Å². The van der Waals surface area contributed by atoms with Gasteiger partial charge in [-0.25, -0.2) is 0 Å². The SMILES string of the molecule is CCCCN1CC(C(=O)OC)CC1=O.CCCCN1CC(C(=O)OCC)CC1=O.CCCCN1C[C@@H](C(=O)OC)CC1=O.CCCCOC(=O)C1CC(=O)N(C(C)C)C1.CCN1C[C@@H](C(=O)OC)CC1=O.COC(=O)[C@@H]1CC(=O)N(C(C)C)C1.S.S. The van der Waals surface area contributed by atoms with E-state index in [2.05, 4.69) is 39.7 Å². The summed E-state index contributed by atoms with van der Waals surface area (Å²) in [5, 5.41) is 0. The van der Waals surface area contributed by atoms with E-state index < -0.39 is 0 Å². The Hall–Kier alpha value is -5.66. The fourth-order valence-electron chi connectivity index (χ4n) is 9.86. The first kappa shape index (κ1) is 82.4. The van der Waals surface area contributed by atoms with E-state index in [1.54, 1.807) is 36.3 Å². The Balaban J connectivity index is 0. The fraction of sp³-hybridized carbons (Fsp3) is 0.800. The second kappa shape index (κ2) is 44.7. The Morgan fingerprint density at radius 1 is 0.372 bits per heavy atom. The molecule has 0 bridgehead atoms. The van der Waals surface area contributed by atoms with E-state index in [-0.39, 0.29) is 146 Å². The third-order valence-electron chi connectivity index (χ3n) is 15.0. The number of hydrogen-bond donors (Lipinski definition) is 0. The summed E-state index contributed by atoms with van der Waals surface area (Å²) < 4.78 is 28.4. The van der Waals surface area contributed by atoms with Crippen molar-refractivity contribution in [2.75, 3.05) is 107 Å². The third kappa shape index (κ3) is 28.4. The molecule has 26 heteroatoms. The molecule has 6 heterocycles. The number of ether oxygens (including phenoxy) is 6. The smallest absolute Gasteiger partial charge is 0.311 e. The monoisotopic (exact) mass is 1260 g/mol. The lowest BCUT2D eigenvalue weighted by Crippen LogP contribution is -2.33. The van der Waals surface area contributed by atoms with Gasteiger partial charge in [0.15, 0.2) is 0 Å². The van der Waals surface area contributed by atoms with Crippen LogP contribution in [0.15, 0.2) is 0 Å². The van der Waals surface area contributed by atoms with Crippen LogP contribution in [0.25, 0.3) is 0 Å². The lowest BCUT2D eigenvalue weighted by atomic mass is 10.1. The van der Waals surface area contributed by atoms with Crippen molar-refractivity contribution >= 4 is 98.3 Å². The van der Waals surface area contributed by atoms with Crippen LogP contribution in [0, 0.1) is 35.5 Å². The first-order chi connectivity index (χ1) is 39.9. The maximum absolute atomic E-state index is 11.6. The molecule has 6 aliphatic rings. The summed E-state index contributed by atoms with van der Waals surface area (Å²) in [5.41, 5.74) is 0. The molecule has 0 aromatic carbocycles. The molecule has 24 nitrogen and oxygen atoms in total. The summed E-state index contributed by atoms with van der Waals surface area (Å²) in [6.45, 7) is 26.8. The number of unbranched alkanes of at least 4 members (excludes halogenated alkanes) is 4. The van der Waals surface area contributed by atoms with E-state index in [1.165, 1.54) is 28.4 Å². The van der Waals surface area contributed by atoms with Crippen LogP contribution in [0.3, 0.4) is 0 Å². The molecule has 0 aliphatic carbocycles. The van der Waals surface area contributed by atoms with Crippen molar-refractivity contribution in [3.63, 3.8) is 0 Å². The standard InChI is InChI=1S/C12H21NO3.C11H19NO3.2C10H17NO3.C9H15NO3.C8H13NO3.2H2S/c1-4-5-6-16-12(15)10-7-11(14)13(8-10)9(2)3;1-3-5-6-12-8-9(7-10(12)13)11(14)15-4-2;2*1-3-4-5-11-7-8(6-9(11)12)10(13)14-2;1-6(2)10-5-7(4-8(10)11)9(12)13-3;1-3-9-5-6(4-7(9)10)8(11)12-2;;/h9-10H,4-8H2,1-3H3;9H,3-8H2,1-2H3;2*8H,3-7H2,1-2H3;6-7H,4-5H2,1-3H3;6H,3-5H2,1-2H3;2*1H2/t;;8-;;7-;6-;;/m..0.10../s1. The molecule has 6 fully saturated rings. The van der Waals surface area contributed by atoms with Gasteiger partial charge in [-0.15, -0.1) is 0 Å².